The first-order valence-corrected chi connectivity index (χ1v) is 7.95. The molecule has 0 amide bonds. The molecule has 0 aliphatic carbocycles. The van der Waals surface area contributed by atoms with Crippen LogP contribution >= 0.6 is 0 Å². The van der Waals surface area contributed by atoms with E-state index < -0.39 is 17.4 Å². The summed E-state index contributed by atoms with van der Waals surface area (Å²) in [6, 6.07) is 7.85. The molecule has 1 aromatic heterocycles. The molecule has 0 bridgehead atoms. The van der Waals surface area contributed by atoms with Gasteiger partial charge in [0.25, 0.3) is 0 Å². The third-order valence-corrected chi connectivity index (χ3v) is 4.72. The van der Waals surface area contributed by atoms with E-state index in [0.717, 1.165) is 59.4 Å². The fraction of sp³-hybridized carbons (Fsp3) is 0.263. The summed E-state index contributed by atoms with van der Waals surface area (Å²) in [6.45, 7) is 3.60. The van der Waals surface area contributed by atoms with E-state index in [1.807, 2.05) is 26.1 Å². The molecule has 0 atom stereocenters. The Bertz CT molecular complexity index is 939. The van der Waals surface area contributed by atoms with Crippen molar-refractivity contribution in [2.75, 3.05) is 13.6 Å². The number of aryl methyl sites for hydroxylation is 1. The third kappa shape index (κ3) is 2.19. The van der Waals surface area contributed by atoms with Gasteiger partial charge < -0.3 is 14.6 Å². The first-order valence-electron chi connectivity index (χ1n) is 7.95. The van der Waals surface area contributed by atoms with Gasteiger partial charge in [0.05, 0.1) is 5.52 Å². The van der Waals surface area contributed by atoms with Crippen molar-refractivity contribution >= 4 is 10.9 Å². The van der Waals surface area contributed by atoms with Gasteiger partial charge in [-0.1, -0.05) is 11.6 Å². The van der Waals surface area contributed by atoms with Gasteiger partial charge in [0.1, 0.15) is 11.4 Å². The highest BCUT2D eigenvalue weighted by atomic mass is 19.1. The number of aromatic nitrogens is 1. The molecule has 0 unspecified atom stereocenters. The Labute approximate surface area is 138 Å². The average Bonchev–Trinajstić information content (AvgIpc) is 2.80. The lowest BCUT2D eigenvalue weighted by atomic mass is 10.0. The van der Waals surface area contributed by atoms with E-state index in [1.54, 1.807) is 4.57 Å². The Morgan fingerprint density at radius 3 is 2.50 bits per heavy atom. The molecule has 0 fully saturated rings. The van der Waals surface area contributed by atoms with Gasteiger partial charge >= 0.3 is 0 Å². The van der Waals surface area contributed by atoms with Crippen molar-refractivity contribution in [3.8, 4) is 11.4 Å². The van der Waals surface area contributed by atoms with Crippen molar-refractivity contribution in [1.29, 1.82) is 0 Å². The van der Waals surface area contributed by atoms with Gasteiger partial charge in [0, 0.05) is 42.7 Å². The van der Waals surface area contributed by atoms with Gasteiger partial charge in [0.15, 0.2) is 11.6 Å². The maximum atomic E-state index is 14.5. The molecule has 1 N–H and O–H groups in total. The molecular formula is C19H18F2N2O. The van der Waals surface area contributed by atoms with Crippen LogP contribution in [0, 0.1) is 18.6 Å². The zero-order chi connectivity index (χ0) is 17.0. The highest BCUT2D eigenvalue weighted by Crippen LogP contribution is 2.36. The second kappa shape index (κ2) is 5.31. The van der Waals surface area contributed by atoms with Crippen LogP contribution in [0.3, 0.4) is 0 Å². The molecule has 1 aliphatic rings. The van der Waals surface area contributed by atoms with Crippen molar-refractivity contribution in [2.24, 2.45) is 0 Å². The van der Waals surface area contributed by atoms with Gasteiger partial charge in [-0.15, -0.1) is 0 Å². The van der Waals surface area contributed by atoms with Crippen LogP contribution in [-0.4, -0.2) is 28.2 Å². The van der Waals surface area contributed by atoms with Gasteiger partial charge in [-0.3, -0.25) is 0 Å². The number of likely N-dealkylation sites (N-methyl/N-ethyl adjacent to an activating group) is 1. The first-order chi connectivity index (χ1) is 11.5. The molecule has 2 heterocycles. The molecule has 4 rings (SSSR count). The minimum Gasteiger partial charge on any atom is -0.508 e. The maximum absolute atomic E-state index is 14.5. The van der Waals surface area contributed by atoms with Gasteiger partial charge in [0.2, 0.25) is 0 Å². The summed E-state index contributed by atoms with van der Waals surface area (Å²) in [5.41, 5.74) is 3.85. The minimum absolute atomic E-state index is 0.118. The van der Waals surface area contributed by atoms with Crippen LogP contribution in [0.2, 0.25) is 0 Å². The highest BCUT2D eigenvalue weighted by Gasteiger charge is 2.26. The van der Waals surface area contributed by atoms with Crippen molar-refractivity contribution in [3.63, 3.8) is 0 Å². The normalized spacial score (nSPS) is 15.0. The predicted molar refractivity (Wildman–Crippen MR) is 89.6 cm³/mol. The summed E-state index contributed by atoms with van der Waals surface area (Å²) >= 11 is 0. The lowest BCUT2D eigenvalue weighted by Gasteiger charge is -2.24. The fourth-order valence-electron chi connectivity index (χ4n) is 3.63. The molecule has 0 radical (unpaired) electrons. The fourth-order valence-corrected chi connectivity index (χ4v) is 3.63. The molecule has 0 saturated heterocycles. The summed E-state index contributed by atoms with van der Waals surface area (Å²) in [5.74, 6) is -1.92. The summed E-state index contributed by atoms with van der Waals surface area (Å²) in [4.78, 5) is 2.21. The van der Waals surface area contributed by atoms with Crippen LogP contribution < -0.4 is 0 Å². The number of phenolic OH excluding ortho intramolecular Hbond substituents is 1. The van der Waals surface area contributed by atoms with E-state index >= 15 is 0 Å². The lowest BCUT2D eigenvalue weighted by molar-refractivity contribution is 0.311. The number of hydrogen-bond donors (Lipinski definition) is 1. The third-order valence-electron chi connectivity index (χ3n) is 4.72. The highest BCUT2D eigenvalue weighted by molar-refractivity contribution is 5.88. The molecule has 3 nitrogen and oxygen atoms in total. The number of nitrogens with zero attached hydrogens (tertiary/aromatic N) is 2. The van der Waals surface area contributed by atoms with Crippen molar-refractivity contribution in [3.05, 3.63) is 58.8 Å². The van der Waals surface area contributed by atoms with E-state index in [0.29, 0.717) is 0 Å². The smallest absolute Gasteiger partial charge is 0.153 e. The zero-order valence-electron chi connectivity index (χ0n) is 13.6. The van der Waals surface area contributed by atoms with E-state index in [2.05, 4.69) is 11.0 Å². The average molecular weight is 328 g/mol. The van der Waals surface area contributed by atoms with Gasteiger partial charge in [-0.25, -0.2) is 8.78 Å². The second-order valence-electron chi connectivity index (χ2n) is 6.53. The Hall–Kier alpha value is -2.40. The van der Waals surface area contributed by atoms with Crippen LogP contribution in [0.5, 0.6) is 5.75 Å². The summed E-state index contributed by atoms with van der Waals surface area (Å²) in [5, 5.41) is 10.5. The summed E-state index contributed by atoms with van der Waals surface area (Å²) in [6.07, 6.45) is 0.722. The van der Waals surface area contributed by atoms with Crippen LogP contribution in [0.15, 0.2) is 30.3 Å². The Morgan fingerprint density at radius 1 is 1.08 bits per heavy atom. The number of aromatic hydroxyl groups is 1. The minimum atomic E-state index is -0.758. The Morgan fingerprint density at radius 2 is 1.79 bits per heavy atom. The Balaban J connectivity index is 2.10. The Kier molecular flexibility index (Phi) is 3.35. The number of hydrogen-bond acceptors (Lipinski definition) is 2. The van der Waals surface area contributed by atoms with Crippen molar-refractivity contribution in [2.45, 2.75) is 19.9 Å². The van der Waals surface area contributed by atoms with E-state index in [-0.39, 0.29) is 5.69 Å². The lowest BCUT2D eigenvalue weighted by Crippen LogP contribution is -2.27. The molecule has 2 aromatic carbocycles. The molecule has 124 valence electrons. The summed E-state index contributed by atoms with van der Waals surface area (Å²) in [7, 11) is 2.05. The van der Waals surface area contributed by atoms with E-state index in [9.17, 15) is 13.9 Å². The molecule has 24 heavy (non-hydrogen) atoms. The molecule has 1 aliphatic heterocycles. The number of benzene rings is 2. The van der Waals surface area contributed by atoms with Crippen molar-refractivity contribution < 1.29 is 13.9 Å². The van der Waals surface area contributed by atoms with E-state index in [1.165, 1.54) is 0 Å². The van der Waals surface area contributed by atoms with Crippen LogP contribution in [0.1, 0.15) is 16.8 Å². The predicted octanol–water partition coefficient (Wildman–Crippen LogP) is 3.91. The number of fused-ring (bicyclic) bond motifs is 3. The summed E-state index contributed by atoms with van der Waals surface area (Å²) < 4.78 is 30.7. The van der Waals surface area contributed by atoms with Gasteiger partial charge in [-0.05, 0) is 31.7 Å². The number of rotatable bonds is 1. The molecule has 0 spiro atoms. The van der Waals surface area contributed by atoms with Gasteiger partial charge in [-0.2, -0.15) is 0 Å². The van der Waals surface area contributed by atoms with E-state index in [4.69, 9.17) is 0 Å². The number of halogens is 2. The SMILES string of the molecule is Cc1ccc2c(c1)c1c(n2-c2c(F)cc(O)cc2F)CCN(C)C1. The first kappa shape index (κ1) is 15.1. The second-order valence-corrected chi connectivity index (χ2v) is 6.53. The topological polar surface area (TPSA) is 28.4 Å². The van der Waals surface area contributed by atoms with Crippen molar-refractivity contribution in [1.82, 2.24) is 9.47 Å². The standard InChI is InChI=1S/C19H18F2N2O/c1-11-3-4-17-13(7-11)14-10-22(2)6-5-18(14)23(17)19-15(20)8-12(24)9-16(19)21/h3-4,7-9,24H,5-6,10H2,1-2H3. The largest absolute Gasteiger partial charge is 0.508 e. The molecule has 0 saturated carbocycles. The van der Waals surface area contributed by atoms with Crippen LogP contribution in [-0.2, 0) is 13.0 Å². The maximum Gasteiger partial charge on any atom is 0.153 e. The molecule has 5 heteroatoms. The molecule has 3 aromatic rings. The monoisotopic (exact) mass is 328 g/mol. The number of phenols is 1. The van der Waals surface area contributed by atoms with Crippen LogP contribution in [0.4, 0.5) is 8.78 Å². The zero-order valence-corrected chi connectivity index (χ0v) is 13.6. The van der Waals surface area contributed by atoms with Crippen LogP contribution in [0.25, 0.3) is 16.6 Å². The quantitative estimate of drug-likeness (QED) is 0.734. The molecular weight excluding hydrogens is 310 g/mol.